The summed E-state index contributed by atoms with van der Waals surface area (Å²) >= 11 is 0. The zero-order valence-corrected chi connectivity index (χ0v) is 13.6. The van der Waals surface area contributed by atoms with Gasteiger partial charge in [-0.3, -0.25) is 9.40 Å². The van der Waals surface area contributed by atoms with Crippen LogP contribution in [-0.2, 0) is 23.5 Å². The summed E-state index contributed by atoms with van der Waals surface area (Å²) in [5, 5.41) is 4.36. The lowest BCUT2D eigenvalue weighted by Gasteiger charge is -2.15. The quantitative estimate of drug-likeness (QED) is 0.944. The number of aromatic nitrogens is 2. The number of nitrogens with zero attached hydrogens (tertiary/aromatic N) is 2. The molecule has 0 saturated carbocycles. The van der Waals surface area contributed by atoms with Gasteiger partial charge in [0.1, 0.15) is 5.82 Å². The second-order valence-corrected chi connectivity index (χ2v) is 7.98. The molecule has 0 aliphatic carbocycles. The van der Waals surface area contributed by atoms with E-state index in [2.05, 4.69) is 30.6 Å². The van der Waals surface area contributed by atoms with Crippen molar-refractivity contribution in [2.45, 2.75) is 32.1 Å². The van der Waals surface area contributed by atoms with E-state index in [0.717, 1.165) is 12.1 Å². The van der Waals surface area contributed by atoms with Gasteiger partial charge in [-0.05, 0) is 24.0 Å². The van der Waals surface area contributed by atoms with E-state index < -0.39 is 10.0 Å². The molecule has 0 bridgehead atoms. The van der Waals surface area contributed by atoms with Crippen LogP contribution in [0.1, 0.15) is 26.5 Å². The van der Waals surface area contributed by atoms with Crippen LogP contribution >= 0.6 is 0 Å². The minimum Gasteiger partial charge on any atom is -0.264 e. The second-order valence-electron chi connectivity index (χ2n) is 6.30. The average Bonchev–Trinajstić information content (AvgIpc) is 2.67. The van der Waals surface area contributed by atoms with Crippen LogP contribution in [0.4, 0.5) is 5.82 Å². The fraction of sp³-hybridized carbons (Fsp3) is 0.400. The maximum absolute atomic E-state index is 12.3. The Kier molecular flexibility index (Phi) is 4.09. The Hall–Kier alpha value is -1.82. The van der Waals surface area contributed by atoms with Crippen molar-refractivity contribution in [1.82, 2.24) is 9.78 Å². The first kappa shape index (κ1) is 15.6. The molecule has 0 saturated heterocycles. The molecule has 1 aromatic carbocycles. The number of rotatable bonds is 4. The summed E-state index contributed by atoms with van der Waals surface area (Å²) in [7, 11) is -1.85. The normalized spacial score (nSPS) is 12.4. The number of hydrogen-bond donors (Lipinski definition) is 1. The van der Waals surface area contributed by atoms with E-state index in [9.17, 15) is 8.42 Å². The molecule has 1 heterocycles. The monoisotopic (exact) mass is 307 g/mol. The summed E-state index contributed by atoms with van der Waals surface area (Å²) < 4.78 is 28.7. The second kappa shape index (κ2) is 5.52. The van der Waals surface area contributed by atoms with E-state index in [1.165, 1.54) is 0 Å². The van der Waals surface area contributed by atoms with Crippen molar-refractivity contribution < 1.29 is 8.42 Å². The van der Waals surface area contributed by atoms with E-state index in [-0.39, 0.29) is 10.3 Å². The van der Waals surface area contributed by atoms with Gasteiger partial charge >= 0.3 is 0 Å². The molecule has 0 aliphatic rings. The third-order valence-electron chi connectivity index (χ3n) is 2.93. The Balaban J connectivity index is 2.24. The van der Waals surface area contributed by atoms with Gasteiger partial charge in [-0.15, -0.1) is 0 Å². The van der Waals surface area contributed by atoms with Gasteiger partial charge in [-0.2, -0.15) is 5.10 Å². The maximum Gasteiger partial charge on any atom is 0.263 e. The summed E-state index contributed by atoms with van der Waals surface area (Å²) in [4.78, 5) is 0.239. The third kappa shape index (κ3) is 4.07. The molecule has 0 radical (unpaired) electrons. The van der Waals surface area contributed by atoms with Crippen molar-refractivity contribution in [3.05, 3.63) is 42.1 Å². The van der Waals surface area contributed by atoms with Crippen LogP contribution in [0, 0.1) is 5.41 Å². The van der Waals surface area contributed by atoms with Crippen molar-refractivity contribution in [2.24, 2.45) is 12.5 Å². The lowest BCUT2D eigenvalue weighted by molar-refractivity contribution is 0.404. The van der Waals surface area contributed by atoms with E-state index >= 15 is 0 Å². The van der Waals surface area contributed by atoms with Gasteiger partial charge in [-0.25, -0.2) is 8.42 Å². The molecule has 5 nitrogen and oxygen atoms in total. The number of sulfonamides is 1. The molecule has 1 aromatic heterocycles. The standard InChI is InChI=1S/C15H21N3O2S/c1-15(2,3)11-12-10-14(18(4)16-12)17-21(19,20)13-8-6-5-7-9-13/h5-10,17H,11H2,1-4H3. The van der Waals surface area contributed by atoms with Crippen molar-refractivity contribution >= 4 is 15.8 Å². The summed E-state index contributed by atoms with van der Waals surface area (Å²) in [6.45, 7) is 6.36. The summed E-state index contributed by atoms with van der Waals surface area (Å²) in [6, 6.07) is 10.1. The number of benzene rings is 1. The Bertz CT molecular complexity index is 713. The zero-order chi connectivity index (χ0) is 15.7. The molecular weight excluding hydrogens is 286 g/mol. The van der Waals surface area contributed by atoms with Crippen LogP contribution in [0.15, 0.2) is 41.3 Å². The largest absolute Gasteiger partial charge is 0.264 e. The highest BCUT2D eigenvalue weighted by Crippen LogP contribution is 2.22. The average molecular weight is 307 g/mol. The molecule has 21 heavy (non-hydrogen) atoms. The van der Waals surface area contributed by atoms with Gasteiger partial charge < -0.3 is 0 Å². The first-order valence-corrected chi connectivity index (χ1v) is 8.26. The van der Waals surface area contributed by atoms with Gasteiger partial charge in [0, 0.05) is 13.1 Å². The predicted octanol–water partition coefficient (Wildman–Crippen LogP) is 2.81. The van der Waals surface area contributed by atoms with Crippen LogP contribution in [0.3, 0.4) is 0 Å². The van der Waals surface area contributed by atoms with Gasteiger partial charge in [0.05, 0.1) is 10.6 Å². The summed E-state index contributed by atoms with van der Waals surface area (Å²) in [6.07, 6.45) is 0.786. The zero-order valence-electron chi connectivity index (χ0n) is 12.8. The first-order valence-electron chi connectivity index (χ1n) is 6.78. The maximum atomic E-state index is 12.3. The summed E-state index contributed by atoms with van der Waals surface area (Å²) in [5.74, 6) is 0.470. The Morgan fingerprint density at radius 1 is 1.19 bits per heavy atom. The van der Waals surface area contributed by atoms with E-state index in [1.54, 1.807) is 48.1 Å². The van der Waals surface area contributed by atoms with Crippen LogP contribution in [0.2, 0.25) is 0 Å². The molecular formula is C15H21N3O2S. The Morgan fingerprint density at radius 2 is 1.81 bits per heavy atom. The fourth-order valence-corrected chi connectivity index (χ4v) is 3.15. The van der Waals surface area contributed by atoms with Gasteiger partial charge in [0.25, 0.3) is 10.0 Å². The third-order valence-corrected chi connectivity index (χ3v) is 4.30. The SMILES string of the molecule is Cn1nc(CC(C)(C)C)cc1NS(=O)(=O)c1ccccc1. The molecule has 1 N–H and O–H groups in total. The number of hydrogen-bond acceptors (Lipinski definition) is 3. The van der Waals surface area contributed by atoms with Crippen molar-refractivity contribution in [3.63, 3.8) is 0 Å². The highest BCUT2D eigenvalue weighted by atomic mass is 32.2. The van der Waals surface area contributed by atoms with Gasteiger partial charge in [0.15, 0.2) is 0 Å². The van der Waals surface area contributed by atoms with E-state index in [0.29, 0.717) is 5.82 Å². The van der Waals surface area contributed by atoms with Crippen LogP contribution in [0.5, 0.6) is 0 Å². The minimum absolute atomic E-state index is 0.101. The lowest BCUT2D eigenvalue weighted by atomic mass is 9.91. The van der Waals surface area contributed by atoms with Crippen LogP contribution in [-0.4, -0.2) is 18.2 Å². The molecule has 0 atom stereocenters. The van der Waals surface area contributed by atoms with Gasteiger partial charge in [-0.1, -0.05) is 39.0 Å². The number of nitrogens with one attached hydrogen (secondary N) is 1. The molecule has 0 fully saturated rings. The van der Waals surface area contributed by atoms with Crippen LogP contribution in [0.25, 0.3) is 0 Å². The Labute approximate surface area is 126 Å². The lowest BCUT2D eigenvalue weighted by Crippen LogP contribution is -2.15. The molecule has 2 rings (SSSR count). The Morgan fingerprint density at radius 3 is 2.38 bits per heavy atom. The van der Waals surface area contributed by atoms with Crippen molar-refractivity contribution in [3.8, 4) is 0 Å². The molecule has 0 spiro atoms. The molecule has 114 valence electrons. The molecule has 6 heteroatoms. The van der Waals surface area contributed by atoms with Crippen LogP contribution < -0.4 is 4.72 Å². The molecule has 0 amide bonds. The molecule has 0 unspecified atom stereocenters. The highest BCUT2D eigenvalue weighted by molar-refractivity contribution is 7.92. The van der Waals surface area contributed by atoms with Gasteiger partial charge in [0.2, 0.25) is 0 Å². The molecule has 0 aliphatic heterocycles. The molecule has 2 aromatic rings. The number of anilines is 1. The van der Waals surface area contributed by atoms with Crippen molar-refractivity contribution in [1.29, 1.82) is 0 Å². The van der Waals surface area contributed by atoms with E-state index in [4.69, 9.17) is 0 Å². The predicted molar refractivity (Wildman–Crippen MR) is 83.6 cm³/mol. The summed E-state index contributed by atoms with van der Waals surface area (Å²) in [5.41, 5.74) is 0.972. The highest BCUT2D eigenvalue weighted by Gasteiger charge is 2.19. The number of aryl methyl sites for hydroxylation is 1. The minimum atomic E-state index is -3.58. The van der Waals surface area contributed by atoms with E-state index in [1.807, 2.05) is 0 Å². The topological polar surface area (TPSA) is 64.0 Å². The smallest absolute Gasteiger partial charge is 0.263 e. The fourth-order valence-electron chi connectivity index (χ4n) is 2.05. The van der Waals surface area contributed by atoms with Crippen molar-refractivity contribution in [2.75, 3.05) is 4.72 Å². The first-order chi connectivity index (χ1) is 9.67.